The number of rotatable bonds is 5. The lowest BCUT2D eigenvalue weighted by Crippen LogP contribution is -2.47. The van der Waals surface area contributed by atoms with Gasteiger partial charge < -0.3 is 10.1 Å². The number of nitrogens with one attached hydrogen (secondary N) is 1. The third-order valence-electron chi connectivity index (χ3n) is 5.51. The molecule has 1 aliphatic rings. The van der Waals surface area contributed by atoms with Gasteiger partial charge in [-0.1, -0.05) is 26.0 Å². The fourth-order valence-electron chi connectivity index (χ4n) is 3.81. The van der Waals surface area contributed by atoms with Crippen molar-refractivity contribution >= 4 is 34.5 Å². The van der Waals surface area contributed by atoms with Gasteiger partial charge in [0.25, 0.3) is 5.91 Å². The number of hydrogen-bond acceptors (Lipinski definition) is 5. The lowest BCUT2D eigenvalue weighted by Gasteiger charge is -2.33. The fraction of sp³-hybridized carbons (Fsp3) is 0.320. The Bertz CT molecular complexity index is 1170. The number of ether oxygens (including phenoxy) is 1. The Morgan fingerprint density at radius 1 is 1.19 bits per heavy atom. The quantitative estimate of drug-likeness (QED) is 0.574. The zero-order chi connectivity index (χ0) is 23.0. The van der Waals surface area contributed by atoms with Gasteiger partial charge in [-0.2, -0.15) is 0 Å². The van der Waals surface area contributed by atoms with Gasteiger partial charge in [0.2, 0.25) is 5.91 Å². The second-order valence-corrected chi connectivity index (χ2v) is 9.74. The molecule has 0 saturated heterocycles. The van der Waals surface area contributed by atoms with E-state index in [1.807, 2.05) is 56.3 Å². The van der Waals surface area contributed by atoms with Crippen molar-refractivity contribution in [3.8, 4) is 17.0 Å². The number of anilines is 2. The van der Waals surface area contributed by atoms with E-state index in [1.54, 1.807) is 18.3 Å². The smallest absolute Gasteiger partial charge is 0.268 e. The summed E-state index contributed by atoms with van der Waals surface area (Å²) in [5, 5.41) is 3.88. The molecule has 0 bridgehead atoms. The van der Waals surface area contributed by atoms with Gasteiger partial charge in [0.1, 0.15) is 12.3 Å². The number of amides is 2. The molecule has 2 heterocycles. The summed E-state index contributed by atoms with van der Waals surface area (Å²) in [4.78, 5) is 33.0. The minimum Gasteiger partial charge on any atom is -0.479 e. The van der Waals surface area contributed by atoms with E-state index in [4.69, 9.17) is 4.74 Å². The predicted octanol–water partition coefficient (Wildman–Crippen LogP) is 5.30. The number of aryl methyl sites for hydroxylation is 2. The molecule has 1 N–H and O–H groups in total. The molecule has 6 nitrogen and oxygen atoms in total. The molecule has 0 aliphatic carbocycles. The van der Waals surface area contributed by atoms with Crippen molar-refractivity contribution in [2.24, 2.45) is 0 Å². The molecule has 7 heteroatoms. The summed E-state index contributed by atoms with van der Waals surface area (Å²) in [6, 6.07) is 13.4. The Hall–Kier alpha value is -3.19. The standard InChI is InChI=1S/C25H27N3O3S/c1-14(2)18-6-9-20(10-7-18)27-23(29)13-28-21-12-19(24-16(4)32-17(5)26-24)8-11-22(21)31-15(3)25(28)30/h6-12,14-15H,13H2,1-5H3,(H,27,29). The minimum absolute atomic E-state index is 0.0933. The summed E-state index contributed by atoms with van der Waals surface area (Å²) in [5.41, 5.74) is 4.27. The fourth-order valence-corrected chi connectivity index (χ4v) is 4.65. The van der Waals surface area contributed by atoms with Gasteiger partial charge >= 0.3 is 0 Å². The molecule has 1 atom stereocenters. The summed E-state index contributed by atoms with van der Waals surface area (Å²) in [6.07, 6.45) is -0.658. The van der Waals surface area contributed by atoms with Gasteiger partial charge in [0.05, 0.1) is 16.4 Å². The van der Waals surface area contributed by atoms with Crippen LogP contribution in [0.1, 0.15) is 42.1 Å². The largest absolute Gasteiger partial charge is 0.479 e. The van der Waals surface area contributed by atoms with Crippen molar-refractivity contribution in [1.29, 1.82) is 0 Å². The second kappa shape index (κ2) is 8.74. The Balaban J connectivity index is 1.59. The van der Waals surface area contributed by atoms with Crippen LogP contribution in [-0.4, -0.2) is 29.4 Å². The van der Waals surface area contributed by atoms with E-state index in [0.717, 1.165) is 21.1 Å². The number of benzene rings is 2. The third-order valence-corrected chi connectivity index (χ3v) is 6.39. The highest BCUT2D eigenvalue weighted by molar-refractivity contribution is 7.11. The van der Waals surface area contributed by atoms with Gasteiger partial charge in [0, 0.05) is 16.1 Å². The summed E-state index contributed by atoms with van der Waals surface area (Å²) in [7, 11) is 0. The van der Waals surface area contributed by atoms with Crippen LogP contribution < -0.4 is 15.0 Å². The lowest BCUT2D eigenvalue weighted by atomic mass is 10.0. The lowest BCUT2D eigenvalue weighted by molar-refractivity contribution is -0.127. The van der Waals surface area contributed by atoms with Gasteiger partial charge in [-0.3, -0.25) is 14.5 Å². The first-order chi connectivity index (χ1) is 15.2. The molecule has 1 aromatic heterocycles. The van der Waals surface area contributed by atoms with E-state index in [-0.39, 0.29) is 18.4 Å². The van der Waals surface area contributed by atoms with Crippen molar-refractivity contribution < 1.29 is 14.3 Å². The molecule has 0 fully saturated rings. The van der Waals surface area contributed by atoms with Gasteiger partial charge in [0.15, 0.2) is 6.10 Å². The maximum absolute atomic E-state index is 12.9. The predicted molar refractivity (Wildman–Crippen MR) is 129 cm³/mol. The van der Waals surface area contributed by atoms with Gasteiger partial charge in [-0.15, -0.1) is 11.3 Å². The van der Waals surface area contributed by atoms with E-state index in [9.17, 15) is 9.59 Å². The molecule has 0 saturated carbocycles. The normalized spacial score (nSPS) is 15.5. The number of hydrogen-bond donors (Lipinski definition) is 1. The van der Waals surface area contributed by atoms with Crippen molar-refractivity contribution in [1.82, 2.24) is 4.98 Å². The topological polar surface area (TPSA) is 71.5 Å². The molecule has 1 aliphatic heterocycles. The number of thiazole rings is 1. The van der Waals surface area contributed by atoms with Crippen LogP contribution in [0.5, 0.6) is 5.75 Å². The molecule has 3 aromatic rings. The molecule has 0 spiro atoms. The van der Waals surface area contributed by atoms with Crippen molar-refractivity contribution in [2.45, 2.75) is 46.6 Å². The van der Waals surface area contributed by atoms with Crippen molar-refractivity contribution in [2.75, 3.05) is 16.8 Å². The van der Waals surface area contributed by atoms with Crippen LogP contribution in [0.3, 0.4) is 0 Å². The van der Waals surface area contributed by atoms with Crippen LogP contribution in [0.2, 0.25) is 0 Å². The first kappa shape index (κ1) is 22.0. The van der Waals surface area contributed by atoms with E-state index < -0.39 is 6.10 Å². The number of carbonyl (C=O) groups excluding carboxylic acids is 2. The SMILES string of the molecule is Cc1nc(-c2ccc3c(c2)N(CC(=O)Nc2ccc(C(C)C)cc2)C(=O)C(C)O3)c(C)s1. The number of fused-ring (bicyclic) bond motifs is 1. The molecule has 4 rings (SSSR count). The molecule has 2 aromatic carbocycles. The summed E-state index contributed by atoms with van der Waals surface area (Å²) in [6.45, 7) is 9.85. The molecular formula is C25H27N3O3S. The highest BCUT2D eigenvalue weighted by Gasteiger charge is 2.33. The van der Waals surface area contributed by atoms with Crippen LogP contribution in [0.15, 0.2) is 42.5 Å². The van der Waals surface area contributed by atoms with E-state index in [2.05, 4.69) is 24.1 Å². The van der Waals surface area contributed by atoms with E-state index >= 15 is 0 Å². The highest BCUT2D eigenvalue weighted by atomic mass is 32.1. The maximum Gasteiger partial charge on any atom is 0.268 e. The maximum atomic E-state index is 12.9. The zero-order valence-electron chi connectivity index (χ0n) is 18.9. The average molecular weight is 450 g/mol. The van der Waals surface area contributed by atoms with E-state index in [1.165, 1.54) is 10.5 Å². The zero-order valence-corrected chi connectivity index (χ0v) is 19.7. The number of aromatic nitrogens is 1. The summed E-state index contributed by atoms with van der Waals surface area (Å²) in [5.74, 6) is 0.496. The molecule has 1 unspecified atom stereocenters. The Labute approximate surface area is 192 Å². The van der Waals surface area contributed by atoms with Crippen LogP contribution >= 0.6 is 11.3 Å². The third kappa shape index (κ3) is 4.39. The van der Waals surface area contributed by atoms with Crippen LogP contribution in [0, 0.1) is 13.8 Å². The molecular weight excluding hydrogens is 422 g/mol. The highest BCUT2D eigenvalue weighted by Crippen LogP contribution is 2.38. The van der Waals surface area contributed by atoms with Gasteiger partial charge in [-0.05, 0) is 62.6 Å². The monoisotopic (exact) mass is 449 g/mol. The van der Waals surface area contributed by atoms with Crippen molar-refractivity contribution in [3.05, 3.63) is 57.9 Å². The summed E-state index contributed by atoms with van der Waals surface area (Å²) >= 11 is 1.63. The Morgan fingerprint density at radius 3 is 2.53 bits per heavy atom. The first-order valence-electron chi connectivity index (χ1n) is 10.7. The Morgan fingerprint density at radius 2 is 1.91 bits per heavy atom. The minimum atomic E-state index is -0.658. The van der Waals surface area contributed by atoms with E-state index in [0.29, 0.717) is 23.0 Å². The van der Waals surface area contributed by atoms with Gasteiger partial charge in [-0.25, -0.2) is 4.98 Å². The molecule has 32 heavy (non-hydrogen) atoms. The molecule has 0 radical (unpaired) electrons. The average Bonchev–Trinajstić information content (AvgIpc) is 3.09. The molecule has 166 valence electrons. The molecule has 2 amide bonds. The summed E-state index contributed by atoms with van der Waals surface area (Å²) < 4.78 is 5.80. The number of carbonyl (C=O) groups is 2. The Kier molecular flexibility index (Phi) is 6.02. The van der Waals surface area contributed by atoms with Crippen molar-refractivity contribution in [3.63, 3.8) is 0 Å². The first-order valence-corrected chi connectivity index (χ1v) is 11.5. The number of nitrogens with zero attached hydrogens (tertiary/aromatic N) is 2. The van der Waals surface area contributed by atoms with Crippen LogP contribution in [-0.2, 0) is 9.59 Å². The second-order valence-electron chi connectivity index (χ2n) is 8.33. The van der Waals surface area contributed by atoms with Crippen LogP contribution in [0.4, 0.5) is 11.4 Å². The van der Waals surface area contributed by atoms with Crippen LogP contribution in [0.25, 0.3) is 11.3 Å².